The van der Waals surface area contributed by atoms with E-state index in [-0.39, 0.29) is 87.7 Å². The summed E-state index contributed by atoms with van der Waals surface area (Å²) < 4.78 is 69.8. The number of fused-ring (bicyclic) bond motifs is 1. The molecule has 80 heavy (non-hydrogen) atoms. The van der Waals surface area contributed by atoms with Gasteiger partial charge >= 0.3 is 18.0 Å². The summed E-state index contributed by atoms with van der Waals surface area (Å²) in [6.07, 6.45) is -9.26. The summed E-state index contributed by atoms with van der Waals surface area (Å²) in [5.74, 6) is -5.69. The second-order valence-corrected chi connectivity index (χ2v) is 22.7. The fourth-order valence-corrected chi connectivity index (χ4v) is 11.6. The van der Waals surface area contributed by atoms with Crippen LogP contribution in [-0.2, 0) is 63.5 Å². The lowest BCUT2D eigenvalue weighted by Crippen LogP contribution is -2.62. The number of methoxy groups -OCH3 is 2. The molecule has 1 aromatic carbocycles. The van der Waals surface area contributed by atoms with E-state index in [0.717, 1.165) is 0 Å². The van der Waals surface area contributed by atoms with Crippen molar-refractivity contribution in [1.29, 1.82) is 0 Å². The molecule has 0 unspecified atom stereocenters. The van der Waals surface area contributed by atoms with Crippen LogP contribution in [0.5, 0.6) is 5.75 Å². The first-order valence-electron chi connectivity index (χ1n) is 27.9. The molecule has 5 N–H and O–H groups in total. The maximum Gasteiger partial charge on any atom is 0.407 e. The summed E-state index contributed by atoms with van der Waals surface area (Å²) in [6.45, 7) is 20.3. The maximum atomic E-state index is 14.5. The van der Waals surface area contributed by atoms with E-state index in [1.165, 1.54) is 34.3 Å². The van der Waals surface area contributed by atoms with Gasteiger partial charge in [0.1, 0.15) is 47.1 Å². The van der Waals surface area contributed by atoms with Gasteiger partial charge in [0.05, 0.1) is 74.0 Å². The van der Waals surface area contributed by atoms with E-state index in [1.54, 1.807) is 64.3 Å². The van der Waals surface area contributed by atoms with Crippen molar-refractivity contribution in [2.24, 2.45) is 23.7 Å². The molecule has 0 radical (unpaired) electrons. The number of carbonyl (C=O) groups excluding carboxylic acids is 3. The Hall–Kier alpha value is -4.37. The number of hydrogen-bond acceptors (Lipinski definition) is 20. The van der Waals surface area contributed by atoms with Gasteiger partial charge in [0, 0.05) is 75.2 Å². The zero-order valence-corrected chi connectivity index (χ0v) is 49.5. The van der Waals surface area contributed by atoms with E-state index in [0.29, 0.717) is 24.2 Å². The van der Waals surface area contributed by atoms with Gasteiger partial charge in [0.2, 0.25) is 5.43 Å². The van der Waals surface area contributed by atoms with Crippen molar-refractivity contribution in [2.45, 2.75) is 193 Å². The molecule has 3 aliphatic heterocycles. The Morgan fingerprint density at radius 1 is 0.850 bits per heavy atom. The van der Waals surface area contributed by atoms with Gasteiger partial charge in [-0.3, -0.25) is 14.4 Å². The van der Waals surface area contributed by atoms with Crippen LogP contribution in [0.1, 0.15) is 112 Å². The maximum absolute atomic E-state index is 14.5. The highest BCUT2D eigenvalue weighted by Crippen LogP contribution is 2.42. The third kappa shape index (κ3) is 15.6. The fraction of sp³-hybridized carbons (Fsp3) is 0.772. The molecule has 18 atom stereocenters. The third-order valence-electron chi connectivity index (χ3n) is 16.5. The largest absolute Gasteiger partial charge is 0.491 e. The first kappa shape index (κ1) is 66.4. The summed E-state index contributed by atoms with van der Waals surface area (Å²) in [4.78, 5) is 68.2. The number of carbonyl (C=O) groups is 4. The van der Waals surface area contributed by atoms with Gasteiger partial charge in [-0.1, -0.05) is 27.7 Å². The SMILES string of the molecule is CC[C@H]1OC(=O)[C@H](C)[C@@H](O[C@H]2C[C@@](C)(OC)[C@@H](OC(=O)NCCOCCOCCOc3ccc4c(=O)c(C(=O)O)cn(CC)c4c3)[C@H](C)O2)[C@H](C)[C@@H](O[C@H]2O[C@@H](C)C[C@@H](N(C)C)[C@@H]2O)[C@](C)(OC)C[C@@H](C)C(=O)[C@H](C)[C@@H](O)[C@]1(C)O. The summed E-state index contributed by atoms with van der Waals surface area (Å²) >= 11 is 0. The molecule has 3 fully saturated rings. The highest BCUT2D eigenvalue weighted by molar-refractivity contribution is 5.93. The van der Waals surface area contributed by atoms with Gasteiger partial charge in [0.15, 0.2) is 18.7 Å². The van der Waals surface area contributed by atoms with Gasteiger partial charge in [-0.25, -0.2) is 9.59 Å². The number of rotatable bonds is 21. The number of pyridine rings is 1. The number of aliphatic hydroxyl groups excluding tert-OH is 2. The van der Waals surface area contributed by atoms with Crippen molar-refractivity contribution in [2.75, 3.05) is 67.9 Å². The number of ether oxygens (including phenoxy) is 11. The first-order chi connectivity index (χ1) is 37.6. The third-order valence-corrected chi connectivity index (χ3v) is 16.5. The first-order valence-corrected chi connectivity index (χ1v) is 27.9. The van der Waals surface area contributed by atoms with Crippen LogP contribution in [0.3, 0.4) is 0 Å². The number of carboxylic acids is 1. The summed E-state index contributed by atoms with van der Waals surface area (Å²) in [5, 5.41) is 47.6. The lowest BCUT2D eigenvalue weighted by molar-refractivity contribution is -0.319. The highest BCUT2D eigenvalue weighted by atomic mass is 16.7. The number of esters is 1. The topological polar surface area (TPSA) is 288 Å². The number of aliphatic hydroxyl groups is 3. The predicted molar refractivity (Wildman–Crippen MR) is 291 cm³/mol. The van der Waals surface area contributed by atoms with Gasteiger partial charge in [-0.15, -0.1) is 0 Å². The molecule has 5 rings (SSSR count). The zero-order chi connectivity index (χ0) is 59.6. The lowest BCUT2D eigenvalue weighted by Gasteiger charge is -2.50. The van der Waals surface area contributed by atoms with E-state index in [1.807, 2.05) is 39.8 Å². The van der Waals surface area contributed by atoms with Crippen molar-refractivity contribution >= 4 is 34.7 Å². The number of aryl methyl sites for hydroxylation is 1. The number of amides is 1. The van der Waals surface area contributed by atoms with Gasteiger partial charge < -0.3 is 87.3 Å². The minimum atomic E-state index is -2.04. The molecule has 0 saturated carbocycles. The fourth-order valence-electron chi connectivity index (χ4n) is 11.6. The second kappa shape index (κ2) is 28.7. The van der Waals surface area contributed by atoms with Crippen molar-refractivity contribution in [3.63, 3.8) is 0 Å². The smallest absolute Gasteiger partial charge is 0.407 e. The molecule has 1 aromatic heterocycles. The van der Waals surface area contributed by atoms with Crippen LogP contribution in [0.15, 0.2) is 29.2 Å². The van der Waals surface area contributed by atoms with Crippen LogP contribution in [0.2, 0.25) is 0 Å². The molecule has 0 bridgehead atoms. The molecular weight excluding hydrogens is 1050 g/mol. The molecule has 0 spiro atoms. The molecule has 23 nitrogen and oxygen atoms in total. The Morgan fingerprint density at radius 2 is 1.49 bits per heavy atom. The Labute approximate surface area is 470 Å². The van der Waals surface area contributed by atoms with Crippen molar-refractivity contribution < 1.29 is 91.7 Å². The van der Waals surface area contributed by atoms with Crippen LogP contribution in [0.4, 0.5) is 4.79 Å². The number of carboxylic acid groups (broad SMARTS) is 1. The highest BCUT2D eigenvalue weighted by Gasteiger charge is 2.55. The number of aromatic nitrogens is 1. The van der Waals surface area contributed by atoms with Crippen molar-refractivity contribution in [3.8, 4) is 5.75 Å². The van der Waals surface area contributed by atoms with Crippen LogP contribution in [0.25, 0.3) is 10.9 Å². The number of cyclic esters (lactones) is 1. The number of aromatic carboxylic acids is 1. The zero-order valence-electron chi connectivity index (χ0n) is 49.5. The molecule has 3 saturated heterocycles. The van der Waals surface area contributed by atoms with E-state index in [2.05, 4.69) is 5.32 Å². The Kier molecular flexibility index (Phi) is 23.9. The molecule has 1 amide bonds. The number of likely N-dealkylation sites (N-methyl/N-ethyl adjacent to an activating group) is 1. The standard InChI is InChI=1S/C57H91N3O20/c1-16-42-57(11,69)48(64)33(5)44(61)31(3)28-55(9,70-14)49(79-53-46(63)41(59(12)13)26-32(4)75-53)34(6)47(35(7)52(67)77-42)78-43-29-56(10,71-15)50(36(8)76-43)80-54(68)58-20-21-72-22-23-73-24-25-74-37-18-19-38-40(27-37)60(17-2)30-39(45(38)62)51(65)66/h18-19,27,30-36,41-43,46-50,53,63-64,69H,16-17,20-26,28-29H2,1-15H3,(H,58,68)(H,65,66)/t31-,32+,33+,34+,35-,36+,41-,42-,43+,46+,47+,48-,49-,50+,53-,55-,56-,57-/m1/s1. The lowest BCUT2D eigenvalue weighted by atomic mass is 9.74. The average molecular weight is 1140 g/mol. The minimum Gasteiger partial charge on any atom is -0.491 e. The number of hydrogen-bond donors (Lipinski definition) is 5. The number of nitrogens with one attached hydrogen (secondary N) is 1. The second-order valence-electron chi connectivity index (χ2n) is 22.7. The van der Waals surface area contributed by atoms with E-state index < -0.39 is 119 Å². The molecule has 454 valence electrons. The monoisotopic (exact) mass is 1140 g/mol. The number of benzene rings is 1. The van der Waals surface area contributed by atoms with Crippen LogP contribution in [-0.4, -0.2) is 206 Å². The summed E-state index contributed by atoms with van der Waals surface area (Å²) in [6, 6.07) is 4.50. The van der Waals surface area contributed by atoms with Crippen molar-refractivity contribution in [1.82, 2.24) is 14.8 Å². The molecular formula is C57H91N3O20. The normalized spacial score (nSPS) is 35.8. The van der Waals surface area contributed by atoms with Crippen LogP contribution in [0, 0.1) is 23.7 Å². The Morgan fingerprint density at radius 3 is 2.10 bits per heavy atom. The summed E-state index contributed by atoms with van der Waals surface area (Å²) in [5.41, 5.74) is -4.88. The van der Waals surface area contributed by atoms with Gasteiger partial charge in [-0.2, -0.15) is 0 Å². The van der Waals surface area contributed by atoms with Gasteiger partial charge in [0.25, 0.3) is 0 Å². The molecule has 3 aliphatic rings. The van der Waals surface area contributed by atoms with Gasteiger partial charge in [-0.05, 0) is 94.0 Å². The molecule has 4 heterocycles. The number of alkyl carbamates (subject to hydrolysis) is 1. The van der Waals surface area contributed by atoms with E-state index in [9.17, 15) is 44.4 Å². The summed E-state index contributed by atoms with van der Waals surface area (Å²) in [7, 11) is 6.68. The quantitative estimate of drug-likeness (QED) is 0.0859. The van der Waals surface area contributed by atoms with E-state index in [4.69, 9.17) is 52.1 Å². The number of Topliss-reactive ketones (excluding diaryl/α,β-unsaturated/α-hetero) is 1. The Balaban J connectivity index is 1.25. The molecule has 2 aromatic rings. The van der Waals surface area contributed by atoms with Crippen molar-refractivity contribution in [3.05, 3.63) is 40.2 Å². The van der Waals surface area contributed by atoms with E-state index >= 15 is 0 Å². The molecule has 23 heteroatoms. The minimum absolute atomic E-state index is 0.00509. The predicted octanol–water partition coefficient (Wildman–Crippen LogP) is 4.32. The Bertz CT molecular complexity index is 2440. The number of ketones is 1. The van der Waals surface area contributed by atoms with Crippen LogP contribution < -0.4 is 15.5 Å². The molecule has 0 aliphatic carbocycles. The van der Waals surface area contributed by atoms with Crippen LogP contribution >= 0.6 is 0 Å². The number of nitrogens with zero attached hydrogens (tertiary/aromatic N) is 2. The average Bonchev–Trinajstić information content (AvgIpc) is 3.47.